The molecule has 0 aromatic carbocycles. The zero-order valence-corrected chi connectivity index (χ0v) is 65.0. The second-order valence-corrected chi connectivity index (χ2v) is 33.9. The van der Waals surface area contributed by atoms with Gasteiger partial charge in [0.05, 0.1) is 31.6 Å². The highest BCUT2D eigenvalue weighted by atomic mass is 19.3. The van der Waals surface area contributed by atoms with Crippen molar-refractivity contribution in [3.63, 3.8) is 0 Å². The lowest BCUT2D eigenvalue weighted by atomic mass is 9.93. The van der Waals surface area contributed by atoms with Gasteiger partial charge in [0.2, 0.25) is 22.7 Å². The third-order valence-corrected chi connectivity index (χ3v) is 14.7. The number of oxazole rings is 1. The number of aryl methyl sites for hydroxylation is 2. The van der Waals surface area contributed by atoms with Gasteiger partial charge in [0.15, 0.2) is 28.8 Å². The SMILES string of the molecule is CC(C)(C)C#CC1(O)CCCC1=O.CC(C)(C)C#CC1(O)CCOC1=O.CC(C)(C)C#CC1(O)CCc2cccnc21.CN1CC(F)(F)C(O)(C#CC(C)(C)C)C1=O.CN1CC(F)C(O)(C#CC(C)(C)C)C1=O.CN1CCC(O)(C#CC(C)(C)C)C1=O.Cc1cnc([C@@](C)(O)C#CC(C)(C)C)o1. The van der Waals surface area contributed by atoms with Gasteiger partial charge < -0.3 is 59.6 Å². The van der Waals surface area contributed by atoms with Crippen LogP contribution in [0, 0.1) is 128 Å². The highest BCUT2D eigenvalue weighted by molar-refractivity contribution is 5.93. The van der Waals surface area contributed by atoms with E-state index in [2.05, 4.69) is 91.7 Å². The minimum absolute atomic E-state index is 0.0900. The number of cyclic esters (lactones) is 1. The first-order chi connectivity index (χ1) is 45.7. The van der Waals surface area contributed by atoms with Crippen molar-refractivity contribution in [3.8, 4) is 82.9 Å². The van der Waals surface area contributed by atoms with Gasteiger partial charge in [-0.25, -0.2) is 14.2 Å². The molecule has 0 bridgehead atoms. The maximum Gasteiger partial charge on any atom is 0.351 e. The number of pyridine rings is 1. The van der Waals surface area contributed by atoms with E-state index in [9.17, 15) is 72.9 Å². The number of alkyl halides is 3. The Balaban J connectivity index is 0.000000405. The molecule has 2 aliphatic carbocycles. The molecule has 3 amide bonds. The van der Waals surface area contributed by atoms with Crippen molar-refractivity contribution in [3.05, 3.63) is 47.4 Å². The third-order valence-electron chi connectivity index (χ3n) is 14.7. The largest absolute Gasteiger partial charge is 0.463 e. The number of carbonyl (C=O) groups is 5. The predicted octanol–water partition coefficient (Wildman–Crippen LogP) is 8.82. The smallest absolute Gasteiger partial charge is 0.351 e. The molecule has 562 valence electrons. The summed E-state index contributed by atoms with van der Waals surface area (Å²) >= 11 is 0. The van der Waals surface area contributed by atoms with Crippen LogP contribution in [0.15, 0.2) is 28.9 Å². The Kier molecular flexibility index (Phi) is 29.6. The number of aliphatic hydroxyl groups is 7. The van der Waals surface area contributed by atoms with Crippen molar-refractivity contribution < 1.29 is 82.0 Å². The number of esters is 1. The topological polar surface area (TPSA) is 285 Å². The molecule has 0 spiro atoms. The zero-order valence-electron chi connectivity index (χ0n) is 65.0. The van der Waals surface area contributed by atoms with E-state index in [0.717, 1.165) is 33.9 Å². The number of ketones is 1. The number of carbonyl (C=O) groups excluding carboxylic acids is 5. The first kappa shape index (κ1) is 90.4. The van der Waals surface area contributed by atoms with Gasteiger partial charge in [-0.15, -0.1) is 0 Å². The lowest BCUT2D eigenvalue weighted by Gasteiger charge is -2.20. The van der Waals surface area contributed by atoms with E-state index in [4.69, 9.17) is 4.42 Å². The van der Waals surface area contributed by atoms with Crippen LogP contribution in [-0.4, -0.2) is 177 Å². The lowest BCUT2D eigenvalue weighted by molar-refractivity contribution is -0.153. The van der Waals surface area contributed by atoms with Crippen LogP contribution >= 0.6 is 0 Å². The summed E-state index contributed by atoms with van der Waals surface area (Å²) in [4.78, 5) is 68.4. The third kappa shape index (κ3) is 28.2. The molecular weight excluding hydrogens is 1310 g/mol. The average molecular weight is 1420 g/mol. The Morgan fingerprint density at radius 2 is 0.980 bits per heavy atom. The minimum Gasteiger partial charge on any atom is -0.463 e. The first-order valence-corrected chi connectivity index (χ1v) is 33.9. The van der Waals surface area contributed by atoms with E-state index < -0.39 is 81.0 Å². The number of Topliss-reactive ketones (excluding diaryl/α,β-unsaturated/α-hetero) is 1. The van der Waals surface area contributed by atoms with Crippen LogP contribution in [0.1, 0.15) is 214 Å². The second kappa shape index (κ2) is 33.4. The van der Waals surface area contributed by atoms with E-state index in [0.29, 0.717) is 38.0 Å². The van der Waals surface area contributed by atoms with Crippen LogP contribution in [0.25, 0.3) is 0 Å². The Morgan fingerprint density at radius 1 is 0.520 bits per heavy atom. The van der Waals surface area contributed by atoms with Gasteiger partial charge in [0.1, 0.15) is 5.76 Å². The van der Waals surface area contributed by atoms with E-state index in [1.54, 1.807) is 54.1 Å². The summed E-state index contributed by atoms with van der Waals surface area (Å²) in [7, 11) is 4.34. The first-order valence-electron chi connectivity index (χ1n) is 33.9. The number of rotatable bonds is 1. The molecule has 7 unspecified atom stereocenters. The van der Waals surface area contributed by atoms with Crippen molar-refractivity contribution in [2.75, 3.05) is 47.4 Å². The van der Waals surface area contributed by atoms with Gasteiger partial charge in [-0.05, 0) is 197 Å². The minimum atomic E-state index is -3.53. The summed E-state index contributed by atoms with van der Waals surface area (Å²) in [6, 6.07) is 3.92. The Morgan fingerprint density at radius 3 is 1.36 bits per heavy atom. The predicted molar refractivity (Wildman–Crippen MR) is 384 cm³/mol. The van der Waals surface area contributed by atoms with E-state index >= 15 is 0 Å². The molecule has 0 radical (unpaired) electrons. The van der Waals surface area contributed by atoms with E-state index in [-0.39, 0.29) is 69.6 Å². The molecule has 7 N–H and O–H groups in total. The molecule has 8 atom stereocenters. The van der Waals surface area contributed by atoms with Crippen molar-refractivity contribution in [2.45, 2.75) is 255 Å². The maximum absolute atomic E-state index is 13.5. The number of aromatic nitrogens is 2. The molecule has 4 aliphatic heterocycles. The fraction of sp³-hybridized carbons (Fsp3) is 0.662. The highest BCUT2D eigenvalue weighted by Crippen LogP contribution is 2.38. The van der Waals surface area contributed by atoms with Gasteiger partial charge >= 0.3 is 11.9 Å². The van der Waals surface area contributed by atoms with Crippen molar-refractivity contribution >= 4 is 29.5 Å². The Labute approximate surface area is 604 Å². The fourth-order valence-corrected chi connectivity index (χ4v) is 8.89. The van der Waals surface area contributed by atoms with Crippen LogP contribution < -0.4 is 0 Å². The molecular formula is C80H112F3N5O14. The summed E-state index contributed by atoms with van der Waals surface area (Å²) in [5.74, 6) is 32.7. The fourth-order valence-electron chi connectivity index (χ4n) is 8.89. The number of ether oxygens (including phenoxy) is 1. The number of amides is 3. The number of hydrogen-bond acceptors (Lipinski definition) is 16. The summed E-state index contributed by atoms with van der Waals surface area (Å²) in [5, 5.41) is 69.4. The monoisotopic (exact) mass is 1420 g/mol. The summed E-state index contributed by atoms with van der Waals surface area (Å²) in [6.45, 7) is 43.5. The normalized spacial score (nSPS) is 26.1. The number of halogens is 3. The molecule has 19 nitrogen and oxygen atoms in total. The quantitative estimate of drug-likeness (QED) is 0.104. The molecule has 102 heavy (non-hydrogen) atoms. The van der Waals surface area contributed by atoms with Crippen molar-refractivity contribution in [1.82, 2.24) is 24.7 Å². The molecule has 6 aliphatic rings. The zero-order chi connectivity index (χ0) is 79.3. The molecule has 2 aromatic rings. The number of likely N-dealkylation sites (N-methyl/N-ethyl adjacent to an activating group) is 3. The Hall–Kier alpha value is -7.66. The van der Waals surface area contributed by atoms with Gasteiger partial charge in [-0.1, -0.05) is 89.0 Å². The lowest BCUT2D eigenvalue weighted by Crippen LogP contribution is -2.49. The summed E-state index contributed by atoms with van der Waals surface area (Å²) < 4.78 is 50.2. The second-order valence-electron chi connectivity index (χ2n) is 33.9. The summed E-state index contributed by atoms with van der Waals surface area (Å²) in [5.41, 5.74) is -11.6. The highest BCUT2D eigenvalue weighted by Gasteiger charge is 2.65. The molecule has 4 saturated heterocycles. The number of fused-ring (bicyclic) bond motifs is 1. The molecule has 8 rings (SSSR count). The van der Waals surface area contributed by atoms with Crippen molar-refractivity contribution in [1.29, 1.82) is 0 Å². The van der Waals surface area contributed by atoms with E-state index in [1.807, 2.05) is 143 Å². The van der Waals surface area contributed by atoms with E-state index in [1.165, 1.54) is 19.0 Å². The number of nitrogens with zero attached hydrogens (tertiary/aromatic N) is 5. The maximum atomic E-state index is 13.5. The van der Waals surface area contributed by atoms with Crippen LogP contribution in [-0.2, 0) is 46.3 Å². The van der Waals surface area contributed by atoms with Crippen LogP contribution in [0.5, 0.6) is 0 Å². The Bertz CT molecular complexity index is 3760. The van der Waals surface area contributed by atoms with Crippen LogP contribution in [0.4, 0.5) is 13.2 Å². The summed E-state index contributed by atoms with van der Waals surface area (Å²) in [6.07, 6.45) is 5.57. The van der Waals surface area contributed by atoms with Crippen LogP contribution in [0.2, 0.25) is 0 Å². The van der Waals surface area contributed by atoms with Gasteiger partial charge in [0.25, 0.3) is 23.3 Å². The average Bonchev–Trinajstić information content (AvgIpc) is 1.61. The molecule has 6 heterocycles. The number of hydrogen-bond donors (Lipinski definition) is 7. The molecule has 2 aromatic heterocycles. The molecule has 22 heteroatoms. The van der Waals surface area contributed by atoms with Gasteiger partial charge in [-0.2, -0.15) is 8.78 Å². The standard InChI is InChI=1S/C14H17NO.C12H17NO2.C11H15F2NO2.C11H16FNO2.C11H17NO2.C11H16O2.C10H14O3/c1-13(2,3)8-9-14(16)7-6-11-5-4-10-15-12(11)14;1-9-8-13-10(15-9)12(5,14)7-6-11(2,3)4;1-9(2,3)5-6-10(16)8(15)14(4)7-11(10,12)13;1-10(2,3)5-6-11(15)8(12)7-13(4)9(11)14;1-10(2,3)5-6-11(14)7-8-12(4)9(11)13;1-10(2,3)7-8-11(13)6-4-5-9(11)12;1-9(2,3)4-5-10(12)6-7-13-8(10)11/h4-5,10,16H,6-7H2,1-3H3;8,14H,1-5H3;16H,7H2,1-4H3;8,15H,7H2,1-4H3;14H,7-8H2,1-4H3;13H,4-6H2,1-3H3;12H,6-7H2,1-3H3/t;12-;;;;;/m.0...../s1. The van der Waals surface area contributed by atoms with Crippen LogP contribution in [0.3, 0.4) is 0 Å². The van der Waals surface area contributed by atoms with Crippen molar-refractivity contribution in [2.24, 2.45) is 37.9 Å². The molecule has 5 fully saturated rings. The number of likely N-dealkylation sites (tertiary alicyclic amines) is 3. The molecule has 1 saturated carbocycles. The van der Waals surface area contributed by atoms with Gasteiger partial charge in [0, 0.05) is 91.1 Å². The van der Waals surface area contributed by atoms with Gasteiger partial charge in [-0.3, -0.25) is 24.2 Å².